The monoisotopic (exact) mass is 300 g/mol. The maximum atomic E-state index is 10.6. The molecule has 0 amide bonds. The zero-order valence-corrected chi connectivity index (χ0v) is 12.5. The molecule has 0 bridgehead atoms. The highest BCUT2D eigenvalue weighted by molar-refractivity contribution is 5.70. The number of rotatable bonds is 6. The average Bonchev–Trinajstić information content (AvgIpc) is 2.53. The lowest BCUT2D eigenvalue weighted by molar-refractivity contribution is -0.685. The van der Waals surface area contributed by atoms with Crippen LogP contribution in [0.1, 0.15) is 11.1 Å². The van der Waals surface area contributed by atoms with Crippen LogP contribution in [0.3, 0.4) is 0 Å². The molecule has 114 valence electrons. The van der Waals surface area contributed by atoms with Crippen LogP contribution in [0.15, 0.2) is 42.7 Å². The number of aliphatic carboxylic acids is 1. The van der Waals surface area contributed by atoms with Crippen molar-refractivity contribution in [2.45, 2.75) is 6.54 Å². The molecule has 0 atom stereocenters. The van der Waals surface area contributed by atoms with Gasteiger partial charge >= 0.3 is 5.97 Å². The molecule has 0 spiro atoms. The predicted molar refractivity (Wildman–Crippen MR) is 82.7 cm³/mol. The van der Waals surface area contributed by atoms with Gasteiger partial charge in [0.1, 0.15) is 0 Å². The van der Waals surface area contributed by atoms with Gasteiger partial charge in [-0.3, -0.25) is 0 Å². The Morgan fingerprint density at radius 3 is 2.27 bits per heavy atom. The molecule has 1 aromatic heterocycles. The number of nitrogens with zero attached hydrogens (tertiary/aromatic N) is 1. The van der Waals surface area contributed by atoms with Gasteiger partial charge in [-0.1, -0.05) is 18.2 Å². The molecule has 1 N–H and O–H groups in total. The molecule has 0 aliphatic heterocycles. The lowest BCUT2D eigenvalue weighted by Gasteiger charge is -2.07. The molecule has 2 aromatic rings. The SMILES string of the molecule is COc1ccc(/C=C\c2cc[n+](CC(=O)O)cc2)cc1OC. The second-order valence-corrected chi connectivity index (χ2v) is 4.65. The smallest absolute Gasteiger partial charge is 0.370 e. The summed E-state index contributed by atoms with van der Waals surface area (Å²) in [6.45, 7) is -0.0420. The Morgan fingerprint density at radius 2 is 1.68 bits per heavy atom. The lowest BCUT2D eigenvalue weighted by atomic mass is 10.1. The maximum absolute atomic E-state index is 10.6. The number of hydrogen-bond acceptors (Lipinski definition) is 3. The van der Waals surface area contributed by atoms with Crippen LogP contribution in [-0.4, -0.2) is 25.3 Å². The van der Waals surface area contributed by atoms with Gasteiger partial charge < -0.3 is 14.6 Å². The van der Waals surface area contributed by atoms with Crippen LogP contribution in [0.25, 0.3) is 12.2 Å². The number of carboxylic acids is 1. The molecule has 1 heterocycles. The molecule has 0 fully saturated rings. The maximum Gasteiger partial charge on any atom is 0.370 e. The van der Waals surface area contributed by atoms with E-state index in [0.29, 0.717) is 11.5 Å². The van der Waals surface area contributed by atoms with Crippen LogP contribution in [0.4, 0.5) is 0 Å². The van der Waals surface area contributed by atoms with E-state index in [1.807, 2.05) is 42.5 Å². The third-order valence-corrected chi connectivity index (χ3v) is 3.11. The quantitative estimate of drug-likeness (QED) is 0.831. The Bertz CT molecular complexity index is 678. The van der Waals surface area contributed by atoms with Gasteiger partial charge in [0.2, 0.25) is 6.54 Å². The standard InChI is InChI=1S/C17H17NO4/c1-21-15-6-5-14(11-16(15)22-2)4-3-13-7-9-18(10-8-13)12-17(19)20/h3-11H,12H2,1-2H3/p+1/b4-3-. The van der Waals surface area contributed by atoms with E-state index in [1.54, 1.807) is 31.2 Å². The first-order valence-corrected chi connectivity index (χ1v) is 6.73. The number of methoxy groups -OCH3 is 2. The third-order valence-electron chi connectivity index (χ3n) is 3.11. The lowest BCUT2D eigenvalue weighted by Crippen LogP contribution is -2.36. The van der Waals surface area contributed by atoms with E-state index in [-0.39, 0.29) is 6.54 Å². The number of carbonyl (C=O) groups is 1. The molecule has 5 nitrogen and oxygen atoms in total. The van der Waals surface area contributed by atoms with Crippen LogP contribution >= 0.6 is 0 Å². The van der Waals surface area contributed by atoms with Crippen LogP contribution in [0, 0.1) is 0 Å². The van der Waals surface area contributed by atoms with Crippen molar-refractivity contribution in [3.05, 3.63) is 53.9 Å². The number of aromatic nitrogens is 1. The minimum Gasteiger partial charge on any atom is -0.493 e. The Balaban J connectivity index is 2.12. The fourth-order valence-electron chi connectivity index (χ4n) is 1.99. The molecular formula is C17H18NO4+. The van der Waals surface area contributed by atoms with Gasteiger partial charge in [-0.2, -0.15) is 4.57 Å². The van der Waals surface area contributed by atoms with E-state index < -0.39 is 5.97 Å². The third kappa shape index (κ3) is 4.09. The largest absolute Gasteiger partial charge is 0.493 e. The Morgan fingerprint density at radius 1 is 1.05 bits per heavy atom. The van der Waals surface area contributed by atoms with Crippen molar-refractivity contribution in [3.8, 4) is 11.5 Å². The van der Waals surface area contributed by atoms with Crippen molar-refractivity contribution in [2.24, 2.45) is 0 Å². The molecule has 22 heavy (non-hydrogen) atoms. The Labute approximate surface area is 129 Å². The topological polar surface area (TPSA) is 59.6 Å². The van der Waals surface area contributed by atoms with Gasteiger partial charge in [0.15, 0.2) is 23.9 Å². The molecule has 0 radical (unpaired) electrons. The number of pyridine rings is 1. The minimum absolute atomic E-state index is 0.0420. The zero-order chi connectivity index (χ0) is 15.9. The fourth-order valence-corrected chi connectivity index (χ4v) is 1.99. The summed E-state index contributed by atoms with van der Waals surface area (Å²) >= 11 is 0. The van der Waals surface area contributed by atoms with E-state index in [9.17, 15) is 4.79 Å². The van der Waals surface area contributed by atoms with E-state index in [0.717, 1.165) is 11.1 Å². The summed E-state index contributed by atoms with van der Waals surface area (Å²) < 4.78 is 12.1. The molecule has 5 heteroatoms. The Kier molecular flexibility index (Phi) is 5.14. The van der Waals surface area contributed by atoms with Crippen LogP contribution in [-0.2, 0) is 11.3 Å². The number of hydrogen-bond donors (Lipinski definition) is 1. The summed E-state index contributed by atoms with van der Waals surface area (Å²) in [4.78, 5) is 10.6. The van der Waals surface area contributed by atoms with E-state index >= 15 is 0 Å². The molecular weight excluding hydrogens is 282 g/mol. The Hall–Kier alpha value is -2.82. The summed E-state index contributed by atoms with van der Waals surface area (Å²) in [6, 6.07) is 9.40. The molecule has 0 aliphatic rings. The summed E-state index contributed by atoms with van der Waals surface area (Å²) in [7, 11) is 3.20. The molecule has 2 rings (SSSR count). The highest BCUT2D eigenvalue weighted by atomic mass is 16.5. The van der Waals surface area contributed by atoms with Gasteiger partial charge in [0.05, 0.1) is 14.2 Å². The highest BCUT2D eigenvalue weighted by Crippen LogP contribution is 2.28. The number of carboxylic acid groups (broad SMARTS) is 1. The van der Waals surface area contributed by atoms with Crippen molar-refractivity contribution >= 4 is 18.1 Å². The highest BCUT2D eigenvalue weighted by Gasteiger charge is 2.06. The second kappa shape index (κ2) is 7.26. The summed E-state index contributed by atoms with van der Waals surface area (Å²) in [5.41, 5.74) is 1.97. The number of ether oxygens (including phenoxy) is 2. The summed E-state index contributed by atoms with van der Waals surface area (Å²) in [5.74, 6) is 0.504. The van der Waals surface area contributed by atoms with Crippen molar-refractivity contribution in [2.75, 3.05) is 14.2 Å². The molecule has 0 saturated carbocycles. The van der Waals surface area contributed by atoms with Crippen molar-refractivity contribution < 1.29 is 23.9 Å². The predicted octanol–water partition coefficient (Wildman–Crippen LogP) is 2.25. The summed E-state index contributed by atoms with van der Waals surface area (Å²) in [5, 5.41) is 8.72. The molecule has 0 saturated heterocycles. The normalized spacial score (nSPS) is 10.6. The van der Waals surface area contributed by atoms with Gasteiger partial charge in [-0.05, 0) is 23.3 Å². The van der Waals surface area contributed by atoms with E-state index in [2.05, 4.69) is 0 Å². The van der Waals surface area contributed by atoms with E-state index in [4.69, 9.17) is 14.6 Å². The van der Waals surface area contributed by atoms with Gasteiger partial charge in [-0.25, -0.2) is 4.79 Å². The first-order chi connectivity index (χ1) is 10.6. The van der Waals surface area contributed by atoms with Gasteiger partial charge in [-0.15, -0.1) is 0 Å². The van der Waals surface area contributed by atoms with Gasteiger partial charge in [0, 0.05) is 12.1 Å². The van der Waals surface area contributed by atoms with Crippen molar-refractivity contribution in [1.82, 2.24) is 0 Å². The number of benzene rings is 1. The summed E-state index contributed by atoms with van der Waals surface area (Å²) in [6.07, 6.45) is 7.38. The van der Waals surface area contributed by atoms with Crippen LogP contribution in [0.5, 0.6) is 11.5 Å². The zero-order valence-electron chi connectivity index (χ0n) is 12.5. The van der Waals surface area contributed by atoms with E-state index in [1.165, 1.54) is 0 Å². The average molecular weight is 300 g/mol. The van der Waals surface area contributed by atoms with Crippen LogP contribution < -0.4 is 14.0 Å². The molecule has 0 aliphatic carbocycles. The van der Waals surface area contributed by atoms with Gasteiger partial charge in [0.25, 0.3) is 0 Å². The molecule has 0 unspecified atom stereocenters. The second-order valence-electron chi connectivity index (χ2n) is 4.65. The fraction of sp³-hybridized carbons (Fsp3) is 0.176. The first-order valence-electron chi connectivity index (χ1n) is 6.73. The first kappa shape index (κ1) is 15.6. The minimum atomic E-state index is -0.862. The molecule has 1 aromatic carbocycles. The van der Waals surface area contributed by atoms with Crippen molar-refractivity contribution in [1.29, 1.82) is 0 Å². The van der Waals surface area contributed by atoms with Crippen molar-refractivity contribution in [3.63, 3.8) is 0 Å². The van der Waals surface area contributed by atoms with Crippen LogP contribution in [0.2, 0.25) is 0 Å².